The Kier molecular flexibility index (Phi) is 10.7. The van der Waals surface area contributed by atoms with Gasteiger partial charge in [0.05, 0.1) is 0 Å². The average molecular weight is 683 g/mol. The molecule has 0 aliphatic heterocycles. The maximum Gasteiger partial charge on any atom is 0.170 e. The van der Waals surface area contributed by atoms with Crippen LogP contribution < -0.4 is 11.5 Å². The van der Waals surface area contributed by atoms with Crippen molar-refractivity contribution in [2.45, 2.75) is 27.7 Å². The Morgan fingerprint density at radius 3 is 1.37 bits per heavy atom. The highest BCUT2D eigenvalue weighted by molar-refractivity contribution is 6.08. The third-order valence-electron chi connectivity index (χ3n) is 8.47. The van der Waals surface area contributed by atoms with E-state index >= 15 is 0 Å². The summed E-state index contributed by atoms with van der Waals surface area (Å²) < 4.78 is 13.3. The maximum atomic E-state index is 13.3. The highest BCUT2D eigenvalue weighted by atomic mass is 19.1. The lowest BCUT2D eigenvalue weighted by molar-refractivity contribution is 0.318. The monoisotopic (exact) mass is 682 g/mol. The minimum absolute atomic E-state index is 0.0250. The molecule has 0 saturated carbocycles. The molecule has 0 aliphatic rings. The van der Waals surface area contributed by atoms with Crippen LogP contribution in [-0.2, 0) is 0 Å². The van der Waals surface area contributed by atoms with Crippen LogP contribution >= 0.6 is 0 Å². The summed E-state index contributed by atoms with van der Waals surface area (Å²) in [5.74, 6) is 0.0849. The van der Waals surface area contributed by atoms with Gasteiger partial charge in [-0.3, -0.25) is 0 Å². The molecule has 0 aromatic heterocycles. The number of halogens is 1. The summed E-state index contributed by atoms with van der Waals surface area (Å²) >= 11 is 0. The number of rotatable bonds is 6. The van der Waals surface area contributed by atoms with Gasteiger partial charge in [-0.05, 0) is 126 Å². The molecule has 51 heavy (non-hydrogen) atoms. The molecule has 0 bridgehead atoms. The number of nitrogens with two attached hydrogens (primary N) is 2. The summed E-state index contributed by atoms with van der Waals surface area (Å²) in [6, 6.07) is 33.9. The second-order valence-corrected chi connectivity index (χ2v) is 12.4. The van der Waals surface area contributed by atoms with Crippen LogP contribution in [-0.4, -0.2) is 32.3 Å². The molecular weight excluding hydrogens is 643 g/mol. The van der Waals surface area contributed by atoms with Gasteiger partial charge in [0, 0.05) is 22.3 Å². The zero-order valence-corrected chi connectivity index (χ0v) is 28.7. The van der Waals surface area contributed by atoms with Crippen LogP contribution in [0.15, 0.2) is 126 Å². The predicted octanol–water partition coefficient (Wildman–Crippen LogP) is 9.01. The lowest BCUT2D eigenvalue weighted by Gasteiger charge is -2.18. The summed E-state index contributed by atoms with van der Waals surface area (Å²) in [7, 11) is 0. The van der Waals surface area contributed by atoms with Crippen molar-refractivity contribution in [3.05, 3.63) is 154 Å². The van der Waals surface area contributed by atoms with E-state index in [1.807, 2.05) is 44.2 Å². The minimum atomic E-state index is -0.340. The number of nitrogens with zero attached hydrogens (tertiary/aromatic N) is 2. The fourth-order valence-electron chi connectivity index (χ4n) is 6.13. The third kappa shape index (κ3) is 8.00. The van der Waals surface area contributed by atoms with Crippen LogP contribution in [0.1, 0.15) is 33.4 Å². The van der Waals surface area contributed by atoms with Crippen LogP contribution in [0.5, 0.6) is 11.5 Å². The van der Waals surface area contributed by atoms with Crippen molar-refractivity contribution in [1.29, 1.82) is 0 Å². The smallest absolute Gasteiger partial charge is 0.170 e. The third-order valence-corrected chi connectivity index (χ3v) is 8.47. The van der Waals surface area contributed by atoms with Gasteiger partial charge in [0.1, 0.15) is 17.3 Å². The van der Waals surface area contributed by atoms with E-state index in [4.69, 9.17) is 16.7 Å². The largest absolute Gasteiger partial charge is 0.508 e. The average Bonchev–Trinajstić information content (AvgIpc) is 3.12. The fourth-order valence-corrected chi connectivity index (χ4v) is 6.13. The molecule has 0 unspecified atom stereocenters. The molecule has 6 rings (SSSR count). The summed E-state index contributed by atoms with van der Waals surface area (Å²) in [6.07, 6.45) is 0. The van der Waals surface area contributed by atoms with E-state index < -0.39 is 0 Å². The zero-order chi connectivity index (χ0) is 36.8. The van der Waals surface area contributed by atoms with Crippen LogP contribution in [0.2, 0.25) is 0 Å². The number of hydrogen-bond donors (Lipinski definition) is 6. The normalized spacial score (nSPS) is 11.5. The van der Waals surface area contributed by atoms with E-state index in [1.54, 1.807) is 48.5 Å². The van der Waals surface area contributed by atoms with Gasteiger partial charge in [-0.15, -0.1) is 0 Å². The Hall–Kier alpha value is -6.61. The number of aromatic hydroxyl groups is 2. The van der Waals surface area contributed by atoms with E-state index in [0.29, 0.717) is 11.1 Å². The van der Waals surface area contributed by atoms with Crippen LogP contribution in [0.25, 0.3) is 44.5 Å². The number of oxime groups is 2. The highest BCUT2D eigenvalue weighted by Crippen LogP contribution is 2.39. The molecular formula is C42H39FN4O4. The number of amidine groups is 2. The van der Waals surface area contributed by atoms with E-state index in [2.05, 4.69) is 48.4 Å². The SMILES string of the molecule is Cc1cc(C(N)=NO)c(-c2ccc(F)cc2)c(-c2ccc(O)cc2)c1.Cc1ccc(-c2c(C(N)=NO)cc(C)cc2-c2ccc(O)cc2)c(C)c1. The van der Waals surface area contributed by atoms with Gasteiger partial charge in [0.2, 0.25) is 0 Å². The van der Waals surface area contributed by atoms with Gasteiger partial charge in [0.25, 0.3) is 0 Å². The molecule has 9 heteroatoms. The molecule has 0 fully saturated rings. The summed E-state index contributed by atoms with van der Waals surface area (Å²) in [6.45, 7) is 7.99. The van der Waals surface area contributed by atoms with Gasteiger partial charge in [-0.25, -0.2) is 4.39 Å². The molecule has 6 aromatic carbocycles. The molecule has 0 radical (unpaired) electrons. The number of hydrogen-bond acceptors (Lipinski definition) is 6. The van der Waals surface area contributed by atoms with Crippen LogP contribution in [0.4, 0.5) is 4.39 Å². The second kappa shape index (κ2) is 15.3. The Morgan fingerprint density at radius 1 is 0.490 bits per heavy atom. The van der Waals surface area contributed by atoms with E-state index in [0.717, 1.165) is 61.2 Å². The van der Waals surface area contributed by atoms with Crippen molar-refractivity contribution >= 4 is 11.7 Å². The highest BCUT2D eigenvalue weighted by Gasteiger charge is 2.19. The Labute approximate surface area is 296 Å². The number of benzene rings is 6. The van der Waals surface area contributed by atoms with E-state index in [-0.39, 0.29) is 29.0 Å². The van der Waals surface area contributed by atoms with Gasteiger partial charge in [-0.2, -0.15) is 0 Å². The summed E-state index contributed by atoms with van der Waals surface area (Å²) in [5.41, 5.74) is 24.4. The van der Waals surface area contributed by atoms with Crippen molar-refractivity contribution < 1.29 is 25.0 Å². The molecule has 0 amide bonds. The van der Waals surface area contributed by atoms with Gasteiger partial charge < -0.3 is 32.1 Å². The summed E-state index contributed by atoms with van der Waals surface area (Å²) in [4.78, 5) is 0. The van der Waals surface area contributed by atoms with Gasteiger partial charge in [-0.1, -0.05) is 82.6 Å². The molecule has 258 valence electrons. The first-order chi connectivity index (χ1) is 24.4. The lowest BCUT2D eigenvalue weighted by Crippen LogP contribution is -2.15. The van der Waals surface area contributed by atoms with E-state index in [1.165, 1.54) is 17.7 Å². The maximum absolute atomic E-state index is 13.3. The van der Waals surface area contributed by atoms with Crippen molar-refractivity contribution in [3.8, 4) is 56.0 Å². The van der Waals surface area contributed by atoms with Crippen molar-refractivity contribution in [3.63, 3.8) is 0 Å². The molecule has 0 atom stereocenters. The van der Waals surface area contributed by atoms with Gasteiger partial charge >= 0.3 is 0 Å². The molecule has 8 nitrogen and oxygen atoms in total. The fraction of sp³-hybridized carbons (Fsp3) is 0.0952. The zero-order valence-electron chi connectivity index (χ0n) is 28.7. The Balaban J connectivity index is 0.000000198. The number of phenolic OH excluding ortho intramolecular Hbond substituents is 2. The lowest BCUT2D eigenvalue weighted by atomic mass is 9.86. The Morgan fingerprint density at radius 2 is 0.922 bits per heavy atom. The standard InChI is InChI=1S/C22H22N2O2.C20H17FN2O2/c1-13-4-9-18(15(3)10-13)21-19(16-5-7-17(25)8-6-16)11-14(2)12-20(21)22(23)24-26;1-12-10-17(13-4-8-16(24)9-5-13)19(18(11-12)20(22)23-25)14-2-6-15(21)7-3-14/h4-12,25-26H,1-3H3,(H2,23,24);2-11,24-25H,1H3,(H2,22,23). The van der Waals surface area contributed by atoms with Crippen LogP contribution in [0, 0.1) is 33.5 Å². The van der Waals surface area contributed by atoms with Crippen LogP contribution in [0.3, 0.4) is 0 Å². The minimum Gasteiger partial charge on any atom is -0.508 e. The van der Waals surface area contributed by atoms with Gasteiger partial charge in [0.15, 0.2) is 11.7 Å². The molecule has 0 spiro atoms. The first kappa shape index (κ1) is 35.7. The Bertz CT molecular complexity index is 2250. The summed E-state index contributed by atoms with van der Waals surface area (Å²) in [5, 5.41) is 44.0. The van der Waals surface area contributed by atoms with Crippen molar-refractivity contribution in [2.24, 2.45) is 21.8 Å². The first-order valence-electron chi connectivity index (χ1n) is 16.1. The van der Waals surface area contributed by atoms with Crippen molar-refractivity contribution in [1.82, 2.24) is 0 Å². The molecule has 0 saturated heterocycles. The quantitative estimate of drug-likeness (QED) is 0.0445. The molecule has 0 aliphatic carbocycles. The first-order valence-corrected chi connectivity index (χ1v) is 16.1. The second-order valence-electron chi connectivity index (χ2n) is 12.4. The molecule has 6 aromatic rings. The van der Waals surface area contributed by atoms with E-state index in [9.17, 15) is 19.8 Å². The number of aryl methyl sites for hydroxylation is 4. The predicted molar refractivity (Wildman–Crippen MR) is 202 cm³/mol. The topological polar surface area (TPSA) is 158 Å². The molecule has 8 N–H and O–H groups in total. The van der Waals surface area contributed by atoms with Crippen molar-refractivity contribution in [2.75, 3.05) is 0 Å². The number of phenols is 2. The molecule has 0 heterocycles.